The van der Waals surface area contributed by atoms with E-state index in [1.165, 1.54) is 23.1 Å². The van der Waals surface area contributed by atoms with E-state index in [4.69, 9.17) is 0 Å². The summed E-state index contributed by atoms with van der Waals surface area (Å²) in [6.07, 6.45) is 2.92. The molecule has 0 fully saturated rings. The van der Waals surface area contributed by atoms with E-state index < -0.39 is 4.92 Å². The van der Waals surface area contributed by atoms with Crippen molar-refractivity contribution in [3.05, 3.63) is 57.8 Å². The van der Waals surface area contributed by atoms with Gasteiger partial charge in [0.1, 0.15) is 12.4 Å². The van der Waals surface area contributed by atoms with Crippen LogP contribution >= 0.6 is 0 Å². The Morgan fingerprint density at radius 2 is 1.87 bits per heavy atom. The lowest BCUT2D eigenvalue weighted by atomic mass is 9.92. The van der Waals surface area contributed by atoms with Crippen LogP contribution in [0, 0.1) is 10.1 Å². The van der Waals surface area contributed by atoms with Crippen LogP contribution in [-0.2, 0) is 22.1 Å². The van der Waals surface area contributed by atoms with Gasteiger partial charge in [0, 0.05) is 42.8 Å². The maximum atomic E-state index is 12.7. The first-order chi connectivity index (χ1) is 14.4. The summed E-state index contributed by atoms with van der Waals surface area (Å²) in [6.45, 7) is 9.66. The molecule has 0 aliphatic rings. The molecule has 2 rings (SSSR count). The topological polar surface area (TPSA) is 110 Å². The van der Waals surface area contributed by atoms with Crippen molar-refractivity contribution >= 4 is 29.4 Å². The fourth-order valence-corrected chi connectivity index (χ4v) is 2.77. The highest BCUT2D eigenvalue weighted by molar-refractivity contribution is 5.97. The van der Waals surface area contributed by atoms with Gasteiger partial charge in [-0.05, 0) is 37.6 Å². The SMILES string of the molecule is CC(C)N(CC(=O)Nc1cc(C(C)(C)C)nn1C)C(=O)/C=C/c1ccc([N+](=O)[O-])cc1. The fraction of sp³-hybridized carbons (Fsp3) is 0.409. The van der Waals surface area contributed by atoms with E-state index in [0.29, 0.717) is 11.4 Å². The smallest absolute Gasteiger partial charge is 0.269 e. The van der Waals surface area contributed by atoms with E-state index in [1.54, 1.807) is 29.9 Å². The summed E-state index contributed by atoms with van der Waals surface area (Å²) in [5.41, 5.74) is 1.34. The van der Waals surface area contributed by atoms with Gasteiger partial charge in [0.25, 0.3) is 5.69 Å². The highest BCUT2D eigenvalue weighted by Crippen LogP contribution is 2.23. The number of hydrogen-bond donors (Lipinski definition) is 1. The lowest BCUT2D eigenvalue weighted by molar-refractivity contribution is -0.384. The van der Waals surface area contributed by atoms with Crippen molar-refractivity contribution < 1.29 is 14.5 Å². The second kappa shape index (κ2) is 9.55. The lowest BCUT2D eigenvalue weighted by Crippen LogP contribution is -2.41. The van der Waals surface area contributed by atoms with Crippen LogP contribution in [0.4, 0.5) is 11.5 Å². The van der Waals surface area contributed by atoms with Gasteiger partial charge in [-0.2, -0.15) is 5.10 Å². The molecule has 2 amide bonds. The maximum Gasteiger partial charge on any atom is 0.269 e. The van der Waals surface area contributed by atoms with E-state index in [0.717, 1.165) is 5.69 Å². The predicted molar refractivity (Wildman–Crippen MR) is 120 cm³/mol. The zero-order valence-electron chi connectivity index (χ0n) is 18.7. The second-order valence-corrected chi connectivity index (χ2v) is 8.58. The summed E-state index contributed by atoms with van der Waals surface area (Å²) in [5.74, 6) is -0.0920. The first kappa shape index (κ1) is 23.8. The minimum atomic E-state index is -0.482. The van der Waals surface area contributed by atoms with E-state index in [2.05, 4.69) is 10.4 Å². The summed E-state index contributed by atoms with van der Waals surface area (Å²) in [7, 11) is 1.75. The Morgan fingerprint density at radius 1 is 1.26 bits per heavy atom. The Balaban J connectivity index is 2.06. The highest BCUT2D eigenvalue weighted by atomic mass is 16.6. The normalized spacial score (nSPS) is 11.7. The molecule has 166 valence electrons. The number of nitro benzene ring substituents is 1. The van der Waals surface area contributed by atoms with Gasteiger partial charge >= 0.3 is 0 Å². The third-order valence-electron chi connectivity index (χ3n) is 4.66. The molecule has 0 unspecified atom stereocenters. The Morgan fingerprint density at radius 3 is 2.35 bits per heavy atom. The van der Waals surface area contributed by atoms with Crippen LogP contribution in [0.2, 0.25) is 0 Å². The minimum absolute atomic E-state index is 0.0197. The van der Waals surface area contributed by atoms with Crippen LogP contribution in [0.15, 0.2) is 36.4 Å². The van der Waals surface area contributed by atoms with Gasteiger partial charge < -0.3 is 10.2 Å². The zero-order valence-corrected chi connectivity index (χ0v) is 18.7. The van der Waals surface area contributed by atoms with Crippen molar-refractivity contribution in [3.8, 4) is 0 Å². The number of carbonyl (C=O) groups is 2. The molecule has 0 radical (unpaired) electrons. The van der Waals surface area contributed by atoms with Crippen LogP contribution in [0.25, 0.3) is 6.08 Å². The summed E-state index contributed by atoms with van der Waals surface area (Å²) >= 11 is 0. The van der Waals surface area contributed by atoms with Crippen LogP contribution in [0.3, 0.4) is 0 Å². The molecule has 1 aromatic carbocycles. The zero-order chi connectivity index (χ0) is 23.3. The van der Waals surface area contributed by atoms with Gasteiger partial charge in [-0.3, -0.25) is 24.4 Å². The standard InChI is InChI=1S/C22H29N5O4/c1-15(2)26(21(29)12-9-16-7-10-17(11-8-16)27(30)31)14-20(28)23-19-13-18(22(3,4)5)24-25(19)6/h7-13,15H,14H2,1-6H3,(H,23,28)/b12-9+. The highest BCUT2D eigenvalue weighted by Gasteiger charge is 2.22. The van der Waals surface area contributed by atoms with E-state index in [-0.39, 0.29) is 35.5 Å². The third kappa shape index (κ3) is 6.50. The summed E-state index contributed by atoms with van der Waals surface area (Å²) in [4.78, 5) is 36.9. The molecule has 0 spiro atoms. The van der Waals surface area contributed by atoms with Crippen molar-refractivity contribution in [1.82, 2.24) is 14.7 Å². The number of benzene rings is 1. The molecule has 0 aliphatic carbocycles. The molecular formula is C22H29N5O4. The first-order valence-corrected chi connectivity index (χ1v) is 9.96. The fourth-order valence-electron chi connectivity index (χ4n) is 2.77. The number of hydrogen-bond acceptors (Lipinski definition) is 5. The molecule has 0 bridgehead atoms. The van der Waals surface area contributed by atoms with Crippen LogP contribution in [0.5, 0.6) is 0 Å². The monoisotopic (exact) mass is 427 g/mol. The second-order valence-electron chi connectivity index (χ2n) is 8.58. The molecule has 31 heavy (non-hydrogen) atoms. The third-order valence-corrected chi connectivity index (χ3v) is 4.66. The number of amides is 2. The van der Waals surface area contributed by atoms with Crippen LogP contribution in [0.1, 0.15) is 45.9 Å². The maximum absolute atomic E-state index is 12.7. The lowest BCUT2D eigenvalue weighted by Gasteiger charge is -2.24. The quantitative estimate of drug-likeness (QED) is 0.413. The Hall–Kier alpha value is -3.49. The van der Waals surface area contributed by atoms with Crippen molar-refractivity contribution in [2.75, 3.05) is 11.9 Å². The van der Waals surface area contributed by atoms with Gasteiger partial charge in [0.05, 0.1) is 10.6 Å². The predicted octanol–water partition coefficient (Wildman–Crippen LogP) is 3.51. The molecule has 1 N–H and O–H groups in total. The number of carbonyl (C=O) groups excluding carboxylic acids is 2. The van der Waals surface area contributed by atoms with Gasteiger partial charge in [-0.15, -0.1) is 0 Å². The Bertz CT molecular complexity index is 984. The Kier molecular flexibility index (Phi) is 7.32. The molecule has 1 aromatic heterocycles. The number of nitro groups is 1. The number of non-ortho nitro benzene ring substituents is 1. The first-order valence-electron chi connectivity index (χ1n) is 9.96. The van der Waals surface area contributed by atoms with Crippen molar-refractivity contribution in [2.24, 2.45) is 7.05 Å². The summed E-state index contributed by atoms with van der Waals surface area (Å²) < 4.78 is 1.61. The van der Waals surface area contributed by atoms with Crippen molar-refractivity contribution in [2.45, 2.75) is 46.1 Å². The van der Waals surface area contributed by atoms with Crippen molar-refractivity contribution in [1.29, 1.82) is 0 Å². The number of nitrogens with zero attached hydrogens (tertiary/aromatic N) is 4. The number of rotatable bonds is 7. The number of aryl methyl sites for hydroxylation is 1. The Labute approximate surface area is 181 Å². The average molecular weight is 428 g/mol. The van der Waals surface area contributed by atoms with E-state index in [1.807, 2.05) is 40.7 Å². The summed E-state index contributed by atoms with van der Waals surface area (Å²) in [5, 5.41) is 18.0. The van der Waals surface area contributed by atoms with Crippen LogP contribution < -0.4 is 5.32 Å². The molecule has 0 saturated heterocycles. The van der Waals surface area contributed by atoms with Gasteiger partial charge in [0.15, 0.2) is 0 Å². The number of anilines is 1. The van der Waals surface area contributed by atoms with E-state index >= 15 is 0 Å². The number of aromatic nitrogens is 2. The van der Waals surface area contributed by atoms with Gasteiger partial charge in [-0.25, -0.2) is 0 Å². The average Bonchev–Trinajstić information content (AvgIpc) is 3.05. The molecule has 2 aromatic rings. The minimum Gasteiger partial charge on any atom is -0.327 e. The molecule has 0 atom stereocenters. The van der Waals surface area contributed by atoms with E-state index in [9.17, 15) is 19.7 Å². The molecule has 1 heterocycles. The molecule has 9 heteroatoms. The van der Waals surface area contributed by atoms with Gasteiger partial charge in [-0.1, -0.05) is 20.8 Å². The van der Waals surface area contributed by atoms with Gasteiger partial charge in [0.2, 0.25) is 11.8 Å². The molecule has 0 aliphatic heterocycles. The van der Waals surface area contributed by atoms with Crippen LogP contribution in [-0.4, -0.2) is 44.0 Å². The molecule has 0 saturated carbocycles. The summed E-state index contributed by atoms with van der Waals surface area (Å²) in [6, 6.07) is 7.49. The molecule has 9 nitrogen and oxygen atoms in total. The van der Waals surface area contributed by atoms with Crippen molar-refractivity contribution in [3.63, 3.8) is 0 Å². The largest absolute Gasteiger partial charge is 0.327 e. The number of nitrogens with one attached hydrogen (secondary N) is 1. The molecular weight excluding hydrogens is 398 g/mol.